The van der Waals surface area contributed by atoms with Crippen LogP contribution in [-0.4, -0.2) is 52.7 Å². The molecule has 0 amide bonds. The fourth-order valence-corrected chi connectivity index (χ4v) is 3.63. The highest BCUT2D eigenvalue weighted by Crippen LogP contribution is 2.29. The first kappa shape index (κ1) is 13.3. The second kappa shape index (κ2) is 5.73. The third kappa shape index (κ3) is 3.07. The molecular weight excluding hydrogens is 260 g/mol. The summed E-state index contributed by atoms with van der Waals surface area (Å²) < 4.78 is 0. The van der Waals surface area contributed by atoms with Gasteiger partial charge in [0.2, 0.25) is 0 Å². The highest BCUT2D eigenvalue weighted by molar-refractivity contribution is 6.29. The summed E-state index contributed by atoms with van der Waals surface area (Å²) in [4.78, 5) is 5.06. The van der Waals surface area contributed by atoms with Crippen molar-refractivity contribution in [2.45, 2.75) is 31.8 Å². The van der Waals surface area contributed by atoms with Gasteiger partial charge in [-0.25, -0.2) is 0 Å². The highest BCUT2D eigenvalue weighted by atomic mass is 35.5. The van der Waals surface area contributed by atoms with E-state index in [2.05, 4.69) is 27.0 Å². The summed E-state index contributed by atoms with van der Waals surface area (Å²) in [6.07, 6.45) is 3.99. The van der Waals surface area contributed by atoms with Gasteiger partial charge in [-0.05, 0) is 50.9 Å². The van der Waals surface area contributed by atoms with Crippen molar-refractivity contribution in [2.24, 2.45) is 5.92 Å². The molecule has 19 heavy (non-hydrogen) atoms. The summed E-state index contributed by atoms with van der Waals surface area (Å²) in [6.45, 7) is 4.52. The number of aromatic nitrogens is 2. The average molecular weight is 281 g/mol. The fraction of sp³-hybridized carbons (Fsp3) is 0.714. The lowest BCUT2D eigenvalue weighted by Gasteiger charge is -2.45. The number of piperidine rings is 2. The van der Waals surface area contributed by atoms with Gasteiger partial charge in [-0.2, -0.15) is 5.10 Å². The molecule has 1 aromatic heterocycles. The van der Waals surface area contributed by atoms with E-state index in [1.807, 2.05) is 12.1 Å². The largest absolute Gasteiger partial charge is 0.303 e. The molecule has 2 fully saturated rings. The van der Waals surface area contributed by atoms with Crippen LogP contribution >= 0.6 is 11.6 Å². The fourth-order valence-electron chi connectivity index (χ4n) is 3.53. The van der Waals surface area contributed by atoms with Crippen LogP contribution in [0.25, 0.3) is 0 Å². The SMILES string of the molecule is CN1CCCC2CN(Cc3ccc(Cl)nn3)CCC21. The Balaban J connectivity index is 1.60. The van der Waals surface area contributed by atoms with E-state index in [0.29, 0.717) is 5.15 Å². The van der Waals surface area contributed by atoms with Gasteiger partial charge in [0.1, 0.15) is 0 Å². The molecule has 0 N–H and O–H groups in total. The molecule has 5 heteroatoms. The van der Waals surface area contributed by atoms with Crippen molar-refractivity contribution in [2.75, 3.05) is 26.7 Å². The van der Waals surface area contributed by atoms with Crippen LogP contribution in [0.1, 0.15) is 25.0 Å². The maximum atomic E-state index is 5.77. The van der Waals surface area contributed by atoms with Crippen molar-refractivity contribution in [3.63, 3.8) is 0 Å². The average Bonchev–Trinajstić information content (AvgIpc) is 2.42. The Bertz CT molecular complexity index is 422. The monoisotopic (exact) mass is 280 g/mol. The van der Waals surface area contributed by atoms with Gasteiger partial charge < -0.3 is 4.90 Å². The minimum atomic E-state index is 0.469. The molecule has 0 radical (unpaired) electrons. The Morgan fingerprint density at radius 2 is 2.16 bits per heavy atom. The number of rotatable bonds is 2. The molecule has 0 aromatic carbocycles. The Morgan fingerprint density at radius 1 is 1.26 bits per heavy atom. The van der Waals surface area contributed by atoms with Gasteiger partial charge >= 0.3 is 0 Å². The lowest BCUT2D eigenvalue weighted by molar-refractivity contribution is 0.0349. The Kier molecular flexibility index (Phi) is 4.01. The van der Waals surface area contributed by atoms with E-state index in [0.717, 1.165) is 30.7 Å². The molecule has 104 valence electrons. The van der Waals surface area contributed by atoms with Gasteiger partial charge in [-0.3, -0.25) is 4.90 Å². The maximum Gasteiger partial charge on any atom is 0.151 e. The zero-order valence-corrected chi connectivity index (χ0v) is 12.2. The highest BCUT2D eigenvalue weighted by Gasteiger charge is 2.34. The number of hydrogen-bond acceptors (Lipinski definition) is 4. The van der Waals surface area contributed by atoms with E-state index in [4.69, 9.17) is 11.6 Å². The van der Waals surface area contributed by atoms with Crippen LogP contribution in [0.15, 0.2) is 12.1 Å². The lowest BCUT2D eigenvalue weighted by atomic mass is 9.84. The molecular formula is C14H21ClN4. The summed E-state index contributed by atoms with van der Waals surface area (Å²) >= 11 is 5.77. The van der Waals surface area contributed by atoms with Crippen molar-refractivity contribution in [1.29, 1.82) is 0 Å². The number of likely N-dealkylation sites (tertiary alicyclic amines) is 2. The molecule has 2 unspecified atom stereocenters. The second-order valence-electron chi connectivity index (χ2n) is 5.82. The van der Waals surface area contributed by atoms with Crippen molar-refractivity contribution in [3.05, 3.63) is 23.0 Å². The number of fused-ring (bicyclic) bond motifs is 1. The molecule has 0 spiro atoms. The van der Waals surface area contributed by atoms with Crippen molar-refractivity contribution >= 4 is 11.6 Å². The van der Waals surface area contributed by atoms with E-state index in [9.17, 15) is 0 Å². The summed E-state index contributed by atoms with van der Waals surface area (Å²) in [5.74, 6) is 0.827. The third-order valence-corrected chi connectivity index (χ3v) is 4.70. The van der Waals surface area contributed by atoms with Gasteiger partial charge in [0.05, 0.1) is 5.69 Å². The quantitative estimate of drug-likeness (QED) is 0.830. The first-order valence-electron chi connectivity index (χ1n) is 7.13. The zero-order chi connectivity index (χ0) is 13.2. The zero-order valence-electron chi connectivity index (χ0n) is 11.4. The molecule has 3 rings (SSSR count). The molecule has 1 aromatic rings. The smallest absolute Gasteiger partial charge is 0.151 e. The number of nitrogens with zero attached hydrogens (tertiary/aromatic N) is 4. The van der Waals surface area contributed by atoms with E-state index >= 15 is 0 Å². The topological polar surface area (TPSA) is 32.3 Å². The van der Waals surface area contributed by atoms with Crippen LogP contribution in [0.4, 0.5) is 0 Å². The maximum absolute atomic E-state index is 5.77. The standard InChI is InChI=1S/C14H21ClN4/c1-18-7-2-3-11-9-19(8-6-13(11)18)10-12-4-5-14(15)17-16-12/h4-5,11,13H,2-3,6-10H2,1H3. The summed E-state index contributed by atoms with van der Waals surface area (Å²) in [7, 11) is 2.27. The predicted octanol–water partition coefficient (Wildman–Crippen LogP) is 2.05. The third-order valence-electron chi connectivity index (χ3n) is 4.50. The number of halogens is 1. The normalized spacial score (nSPS) is 29.2. The van der Waals surface area contributed by atoms with E-state index in [-0.39, 0.29) is 0 Å². The van der Waals surface area contributed by atoms with Crippen molar-refractivity contribution in [1.82, 2.24) is 20.0 Å². The molecule has 3 heterocycles. The van der Waals surface area contributed by atoms with Gasteiger partial charge in [-0.1, -0.05) is 11.6 Å². The van der Waals surface area contributed by atoms with Gasteiger partial charge in [0, 0.05) is 25.7 Å². The molecule has 0 bridgehead atoms. The second-order valence-corrected chi connectivity index (χ2v) is 6.21. The first-order chi connectivity index (χ1) is 9.22. The summed E-state index contributed by atoms with van der Waals surface area (Å²) in [5.41, 5.74) is 1.02. The van der Waals surface area contributed by atoms with Crippen molar-refractivity contribution < 1.29 is 0 Å². The van der Waals surface area contributed by atoms with E-state index < -0.39 is 0 Å². The molecule has 2 aliphatic heterocycles. The van der Waals surface area contributed by atoms with E-state index in [1.165, 1.54) is 32.4 Å². The Hall–Kier alpha value is -0.710. The molecule has 4 nitrogen and oxygen atoms in total. The van der Waals surface area contributed by atoms with Crippen LogP contribution in [0.3, 0.4) is 0 Å². The van der Waals surface area contributed by atoms with Crippen LogP contribution < -0.4 is 0 Å². The minimum absolute atomic E-state index is 0.469. The van der Waals surface area contributed by atoms with Crippen LogP contribution in [-0.2, 0) is 6.54 Å². The molecule has 0 aliphatic carbocycles. The summed E-state index contributed by atoms with van der Waals surface area (Å²) in [5, 5.41) is 8.54. The van der Waals surface area contributed by atoms with Gasteiger partial charge in [0.15, 0.2) is 5.15 Å². The predicted molar refractivity (Wildman–Crippen MR) is 76.1 cm³/mol. The number of hydrogen-bond donors (Lipinski definition) is 0. The van der Waals surface area contributed by atoms with Gasteiger partial charge in [0.25, 0.3) is 0 Å². The van der Waals surface area contributed by atoms with Gasteiger partial charge in [-0.15, -0.1) is 5.10 Å². The molecule has 2 atom stereocenters. The lowest BCUT2D eigenvalue weighted by Crippen LogP contribution is -2.52. The molecule has 2 aliphatic rings. The van der Waals surface area contributed by atoms with E-state index in [1.54, 1.807) is 0 Å². The van der Waals surface area contributed by atoms with Crippen molar-refractivity contribution in [3.8, 4) is 0 Å². The van der Waals surface area contributed by atoms with Crippen LogP contribution in [0.2, 0.25) is 5.15 Å². The van der Waals surface area contributed by atoms with Crippen LogP contribution in [0, 0.1) is 5.92 Å². The Labute approximate surface area is 119 Å². The Morgan fingerprint density at radius 3 is 2.95 bits per heavy atom. The first-order valence-corrected chi connectivity index (χ1v) is 7.51. The summed E-state index contributed by atoms with van der Waals surface area (Å²) in [6, 6.07) is 4.60. The molecule has 0 saturated carbocycles. The minimum Gasteiger partial charge on any atom is -0.303 e. The molecule has 2 saturated heterocycles. The van der Waals surface area contributed by atoms with Crippen LogP contribution in [0.5, 0.6) is 0 Å².